The lowest BCUT2D eigenvalue weighted by Crippen LogP contribution is -2.52. The summed E-state index contributed by atoms with van der Waals surface area (Å²) in [5.74, 6) is -0.166. The molecule has 0 radical (unpaired) electrons. The zero-order valence-electron chi connectivity index (χ0n) is 25.3. The van der Waals surface area contributed by atoms with Gasteiger partial charge >= 0.3 is 0 Å². The molecule has 3 aliphatic rings. The van der Waals surface area contributed by atoms with Gasteiger partial charge in [0.2, 0.25) is 23.6 Å². The Hall–Kier alpha value is -4.68. The van der Waals surface area contributed by atoms with Crippen molar-refractivity contribution in [3.05, 3.63) is 82.8 Å². The van der Waals surface area contributed by atoms with Crippen LogP contribution in [0.2, 0.25) is 0 Å². The highest BCUT2D eigenvalue weighted by Gasteiger charge is 2.61. The van der Waals surface area contributed by atoms with E-state index in [1.165, 1.54) is 6.26 Å². The maximum absolute atomic E-state index is 13.9. The van der Waals surface area contributed by atoms with Crippen LogP contribution >= 0.6 is 0 Å². The van der Waals surface area contributed by atoms with Crippen LogP contribution in [0.15, 0.2) is 57.6 Å². The van der Waals surface area contributed by atoms with E-state index >= 15 is 0 Å². The molecule has 12 heteroatoms. The number of aliphatic hydroxyl groups is 2. The third-order valence-corrected chi connectivity index (χ3v) is 8.87. The summed E-state index contributed by atoms with van der Waals surface area (Å²) in [5.41, 5.74) is 2.93. The molecule has 0 fully saturated rings. The molecule has 4 bridgehead atoms. The number of carbonyl (C=O) groups is 2. The number of nitrogens with zero attached hydrogens (tertiary/aromatic N) is 2. The van der Waals surface area contributed by atoms with Gasteiger partial charge in [-0.3, -0.25) is 9.59 Å². The second kappa shape index (κ2) is 10.7. The molecular weight excluding hydrogens is 578 g/mol. The summed E-state index contributed by atoms with van der Waals surface area (Å²) in [5, 5.41) is 29.6. The fourth-order valence-electron chi connectivity index (χ4n) is 6.50. The Labute approximate surface area is 259 Å². The first-order chi connectivity index (χ1) is 21.6. The number of aliphatic hydroxyl groups excluding tert-OH is 2. The maximum atomic E-state index is 13.9. The standard InChI is InChI=1S/C33H35N5O7/c1-15(2)24-31-38-25(30-34-18(13-39)14-43-30)27(45-31)33-19-7-5-6-8-21(19)36-32(33)44-23-10-9-17(11-20(23)33)12-22(28(41)37-24)35-29(42)26(40)16(3)4/h5-11,14-16,22,24,26,32,36,39-40H,12-13H2,1-4H3,(H,35,42)(H,37,41)/t22?,24-,26-,32?,33?/m0/s1. The number of para-hydroxylation sites is 1. The van der Waals surface area contributed by atoms with Crippen molar-refractivity contribution >= 4 is 17.5 Å². The van der Waals surface area contributed by atoms with Gasteiger partial charge in [-0.05, 0) is 35.1 Å². The average Bonchev–Trinajstić information content (AvgIpc) is 3.79. The summed E-state index contributed by atoms with van der Waals surface area (Å²) in [4.78, 5) is 36.3. The minimum atomic E-state index is -1.28. The lowest BCUT2D eigenvalue weighted by molar-refractivity contribution is -0.135. The van der Waals surface area contributed by atoms with E-state index in [0.29, 0.717) is 22.9 Å². The number of amides is 2. The first-order valence-corrected chi connectivity index (χ1v) is 15.1. The number of oxazole rings is 2. The smallest absolute Gasteiger partial charge is 0.249 e. The lowest BCUT2D eigenvalue weighted by atomic mass is 9.72. The van der Waals surface area contributed by atoms with Gasteiger partial charge in [0.25, 0.3) is 0 Å². The molecule has 5 atom stereocenters. The number of anilines is 1. The van der Waals surface area contributed by atoms with Crippen LogP contribution < -0.4 is 20.7 Å². The Balaban J connectivity index is 1.48. The van der Waals surface area contributed by atoms with Crippen molar-refractivity contribution in [3.8, 4) is 17.3 Å². The van der Waals surface area contributed by atoms with E-state index in [-0.39, 0.29) is 36.6 Å². The van der Waals surface area contributed by atoms with Crippen LogP contribution in [0.1, 0.15) is 67.8 Å². The Morgan fingerprint density at radius 3 is 2.64 bits per heavy atom. The van der Waals surface area contributed by atoms with Gasteiger partial charge in [0.15, 0.2) is 17.7 Å². The molecule has 1 spiro atoms. The van der Waals surface area contributed by atoms with Crippen LogP contribution in [0.3, 0.4) is 0 Å². The number of rotatable bonds is 6. The Morgan fingerprint density at radius 1 is 1.11 bits per heavy atom. The summed E-state index contributed by atoms with van der Waals surface area (Å²) in [6.07, 6.45) is -0.358. The molecule has 7 rings (SSSR count). The number of benzene rings is 2. The molecule has 0 aliphatic carbocycles. The van der Waals surface area contributed by atoms with E-state index in [1.54, 1.807) is 13.8 Å². The van der Waals surface area contributed by atoms with Crippen molar-refractivity contribution in [1.29, 1.82) is 0 Å². The zero-order valence-corrected chi connectivity index (χ0v) is 25.3. The molecule has 12 nitrogen and oxygen atoms in total. The average molecular weight is 614 g/mol. The van der Waals surface area contributed by atoms with Gasteiger partial charge < -0.3 is 39.7 Å². The fraction of sp³-hybridized carbons (Fsp3) is 0.394. The van der Waals surface area contributed by atoms with Crippen LogP contribution in [0.5, 0.6) is 5.75 Å². The number of ether oxygens (including phenoxy) is 1. The molecule has 2 aromatic carbocycles. The summed E-state index contributed by atoms with van der Waals surface area (Å²) in [7, 11) is 0. The number of fused-ring (bicyclic) bond motifs is 4. The molecule has 3 aliphatic heterocycles. The second-order valence-electron chi connectivity index (χ2n) is 12.5. The van der Waals surface area contributed by atoms with Gasteiger partial charge in [0, 0.05) is 17.7 Å². The summed E-state index contributed by atoms with van der Waals surface area (Å²) in [6, 6.07) is 11.9. The van der Waals surface area contributed by atoms with Gasteiger partial charge in [0.1, 0.15) is 41.3 Å². The van der Waals surface area contributed by atoms with E-state index in [1.807, 2.05) is 56.3 Å². The first kappa shape index (κ1) is 29.1. The molecule has 0 saturated carbocycles. The highest BCUT2D eigenvalue weighted by atomic mass is 16.5. The molecule has 0 saturated heterocycles. The van der Waals surface area contributed by atoms with E-state index in [9.17, 15) is 19.8 Å². The van der Waals surface area contributed by atoms with Gasteiger partial charge in [-0.1, -0.05) is 58.0 Å². The van der Waals surface area contributed by atoms with Gasteiger partial charge in [0.05, 0.1) is 6.61 Å². The Kier molecular flexibility index (Phi) is 6.93. The normalized spacial score (nSPS) is 23.7. The van der Waals surface area contributed by atoms with E-state index in [4.69, 9.17) is 18.6 Å². The van der Waals surface area contributed by atoms with Gasteiger partial charge in [-0.25, -0.2) is 9.97 Å². The van der Waals surface area contributed by atoms with E-state index in [2.05, 4.69) is 20.9 Å². The first-order valence-electron chi connectivity index (χ1n) is 15.1. The zero-order chi connectivity index (χ0) is 31.6. The van der Waals surface area contributed by atoms with Gasteiger partial charge in [-0.2, -0.15) is 0 Å². The maximum Gasteiger partial charge on any atom is 0.249 e. The SMILES string of the molecule is CC(C)[C@H](O)C(=O)NC1Cc2ccc3c(c2)C2(c4ccccc4NC2O3)c2oc(nc2-c2nc(CO)co2)[C@H](C(C)C)NC1=O. The van der Waals surface area contributed by atoms with Crippen molar-refractivity contribution in [3.63, 3.8) is 0 Å². The lowest BCUT2D eigenvalue weighted by Gasteiger charge is -2.29. The summed E-state index contributed by atoms with van der Waals surface area (Å²) >= 11 is 0. The number of hydrogen-bond acceptors (Lipinski definition) is 10. The van der Waals surface area contributed by atoms with E-state index in [0.717, 1.165) is 22.4 Å². The highest BCUT2D eigenvalue weighted by Crippen LogP contribution is 2.59. The topological polar surface area (TPSA) is 172 Å². The van der Waals surface area contributed by atoms with Gasteiger partial charge in [-0.15, -0.1) is 0 Å². The molecule has 2 aromatic heterocycles. The predicted molar refractivity (Wildman–Crippen MR) is 161 cm³/mol. The molecule has 5 heterocycles. The minimum Gasteiger partial charge on any atom is -0.469 e. The molecular formula is C33H35N5O7. The van der Waals surface area contributed by atoms with E-state index < -0.39 is 41.6 Å². The molecule has 234 valence electrons. The molecule has 2 amide bonds. The minimum absolute atomic E-state index is 0.155. The van der Waals surface area contributed by atoms with Crippen LogP contribution in [0, 0.1) is 11.8 Å². The van der Waals surface area contributed by atoms with Crippen molar-refractivity contribution in [1.82, 2.24) is 20.6 Å². The molecule has 4 aromatic rings. The number of aromatic nitrogens is 2. The Bertz CT molecular complexity index is 1800. The van der Waals surface area contributed by atoms with Crippen molar-refractivity contribution in [2.75, 3.05) is 5.32 Å². The van der Waals surface area contributed by atoms with Crippen molar-refractivity contribution in [2.24, 2.45) is 11.8 Å². The molecule has 3 unspecified atom stereocenters. The van der Waals surface area contributed by atoms with Crippen LogP contribution in [-0.4, -0.2) is 50.4 Å². The third-order valence-electron chi connectivity index (χ3n) is 8.87. The largest absolute Gasteiger partial charge is 0.469 e. The van der Waals surface area contributed by atoms with Crippen LogP contribution in [-0.2, 0) is 28.0 Å². The monoisotopic (exact) mass is 613 g/mol. The number of hydrogen-bond donors (Lipinski definition) is 5. The predicted octanol–water partition coefficient (Wildman–Crippen LogP) is 3.17. The van der Waals surface area contributed by atoms with Crippen molar-refractivity contribution < 1.29 is 33.4 Å². The number of carbonyl (C=O) groups excluding carboxylic acids is 2. The quantitative estimate of drug-likeness (QED) is 0.218. The fourth-order valence-corrected chi connectivity index (χ4v) is 6.50. The van der Waals surface area contributed by atoms with Crippen LogP contribution in [0.25, 0.3) is 11.6 Å². The van der Waals surface area contributed by atoms with Crippen molar-refractivity contribution in [2.45, 2.75) is 70.6 Å². The second-order valence-corrected chi connectivity index (χ2v) is 12.5. The van der Waals surface area contributed by atoms with Crippen LogP contribution in [0.4, 0.5) is 5.69 Å². The third kappa shape index (κ3) is 4.50. The number of nitrogens with one attached hydrogen (secondary N) is 3. The molecule has 45 heavy (non-hydrogen) atoms. The molecule has 5 N–H and O–H groups in total. The Morgan fingerprint density at radius 2 is 1.91 bits per heavy atom. The highest BCUT2D eigenvalue weighted by molar-refractivity contribution is 5.90. The summed E-state index contributed by atoms with van der Waals surface area (Å²) in [6.45, 7) is 7.01. The summed E-state index contributed by atoms with van der Waals surface area (Å²) < 4.78 is 19.1.